The molecule has 1 atom stereocenters. The Labute approximate surface area is 81.5 Å². The molecule has 0 aromatic rings. The summed E-state index contributed by atoms with van der Waals surface area (Å²) in [6.45, 7) is 8.76. The predicted molar refractivity (Wildman–Crippen MR) is 53.7 cm³/mol. The first-order valence-corrected chi connectivity index (χ1v) is 4.43. The molecular weight excluding hydrogens is 174 g/mol. The minimum Gasteiger partial charge on any atom is -0.363 e. The minimum absolute atomic E-state index is 0. The normalized spacial score (nSPS) is 24.8. The first-order valence-electron chi connectivity index (χ1n) is 4.43. The second-order valence-electron chi connectivity index (χ2n) is 4.43. The van der Waals surface area contributed by atoms with Crippen molar-refractivity contribution in [2.24, 2.45) is 5.41 Å². The Hall–Kier alpha value is 0.210. The van der Waals surface area contributed by atoms with Crippen LogP contribution in [0.1, 0.15) is 33.6 Å². The van der Waals surface area contributed by atoms with Crippen LogP contribution >= 0.6 is 12.4 Å². The van der Waals surface area contributed by atoms with Crippen LogP contribution in [-0.4, -0.2) is 19.4 Å². The summed E-state index contributed by atoms with van der Waals surface area (Å²) in [6.07, 6.45) is 2.55. The molecule has 1 aliphatic rings. The smallest absolute Gasteiger partial charge is 0.108 e. The molecule has 0 bridgehead atoms. The maximum absolute atomic E-state index is 5.54. The van der Waals surface area contributed by atoms with E-state index in [1.807, 2.05) is 0 Å². The molecule has 0 saturated carbocycles. The van der Waals surface area contributed by atoms with Crippen molar-refractivity contribution in [3.05, 3.63) is 0 Å². The van der Waals surface area contributed by atoms with Gasteiger partial charge in [0, 0.05) is 6.61 Å². The third kappa shape index (κ3) is 4.96. The van der Waals surface area contributed by atoms with E-state index in [2.05, 4.69) is 26.1 Å². The molecule has 1 N–H and O–H groups in total. The molecule has 12 heavy (non-hydrogen) atoms. The zero-order valence-corrected chi connectivity index (χ0v) is 9.04. The lowest BCUT2D eigenvalue weighted by Gasteiger charge is -2.29. The van der Waals surface area contributed by atoms with Gasteiger partial charge in [0.2, 0.25) is 0 Å². The van der Waals surface area contributed by atoms with Crippen molar-refractivity contribution in [2.45, 2.75) is 39.8 Å². The molecule has 3 heteroatoms. The van der Waals surface area contributed by atoms with Crippen LogP contribution in [0.2, 0.25) is 0 Å². The molecular formula is C9H20ClNO. The van der Waals surface area contributed by atoms with E-state index in [1.165, 1.54) is 0 Å². The van der Waals surface area contributed by atoms with Gasteiger partial charge in [0.05, 0.1) is 0 Å². The van der Waals surface area contributed by atoms with E-state index in [-0.39, 0.29) is 12.4 Å². The van der Waals surface area contributed by atoms with Crippen LogP contribution in [0.4, 0.5) is 0 Å². The molecule has 1 rings (SSSR count). The van der Waals surface area contributed by atoms with Crippen LogP contribution in [0.5, 0.6) is 0 Å². The van der Waals surface area contributed by atoms with Gasteiger partial charge in [-0.2, -0.15) is 0 Å². The largest absolute Gasteiger partial charge is 0.363 e. The Kier molecular flexibility index (Phi) is 5.14. The summed E-state index contributed by atoms with van der Waals surface area (Å²) in [4.78, 5) is 0. The van der Waals surface area contributed by atoms with Gasteiger partial charge in [-0.25, -0.2) is 0 Å². The molecule has 1 saturated heterocycles. The van der Waals surface area contributed by atoms with Crippen LogP contribution in [0.3, 0.4) is 0 Å². The molecule has 0 aromatic heterocycles. The quantitative estimate of drug-likeness (QED) is 0.690. The molecule has 1 fully saturated rings. The first-order chi connectivity index (χ1) is 5.08. The number of hydrogen-bond donors (Lipinski definition) is 1. The predicted octanol–water partition coefficient (Wildman–Crippen LogP) is 2.18. The number of halogens is 1. The van der Waals surface area contributed by atoms with Crippen LogP contribution in [0, 0.1) is 5.41 Å². The molecule has 0 aromatic carbocycles. The third-order valence-electron chi connectivity index (χ3n) is 1.81. The molecule has 0 amide bonds. The van der Waals surface area contributed by atoms with E-state index in [0.29, 0.717) is 11.6 Å². The number of nitrogens with one attached hydrogen (secondary N) is 1. The summed E-state index contributed by atoms with van der Waals surface area (Å²) in [6, 6.07) is 0. The summed E-state index contributed by atoms with van der Waals surface area (Å²) in [7, 11) is 0. The van der Waals surface area contributed by atoms with Crippen molar-refractivity contribution in [1.82, 2.24) is 5.32 Å². The fourth-order valence-electron chi connectivity index (χ4n) is 1.31. The van der Waals surface area contributed by atoms with Crippen molar-refractivity contribution >= 4 is 12.4 Å². The maximum atomic E-state index is 5.54. The molecule has 0 aliphatic carbocycles. The highest BCUT2D eigenvalue weighted by Crippen LogP contribution is 2.22. The second-order valence-corrected chi connectivity index (χ2v) is 4.43. The van der Waals surface area contributed by atoms with Crippen molar-refractivity contribution in [2.75, 3.05) is 13.2 Å². The summed E-state index contributed by atoms with van der Waals surface area (Å²) < 4.78 is 5.54. The first kappa shape index (κ1) is 12.2. The Morgan fingerprint density at radius 2 is 2.08 bits per heavy atom. The monoisotopic (exact) mass is 193 g/mol. The zero-order valence-electron chi connectivity index (χ0n) is 8.22. The molecule has 0 radical (unpaired) electrons. The highest BCUT2D eigenvalue weighted by molar-refractivity contribution is 5.85. The van der Waals surface area contributed by atoms with Crippen LogP contribution in [-0.2, 0) is 4.74 Å². The topological polar surface area (TPSA) is 21.3 Å². The van der Waals surface area contributed by atoms with Gasteiger partial charge in [0.1, 0.15) is 6.23 Å². The Morgan fingerprint density at radius 1 is 1.42 bits per heavy atom. The van der Waals surface area contributed by atoms with Gasteiger partial charge in [-0.05, 0) is 24.8 Å². The Morgan fingerprint density at radius 3 is 2.50 bits per heavy atom. The highest BCUT2D eigenvalue weighted by atomic mass is 35.5. The van der Waals surface area contributed by atoms with Gasteiger partial charge in [0.25, 0.3) is 0 Å². The maximum Gasteiger partial charge on any atom is 0.108 e. The van der Waals surface area contributed by atoms with Crippen LogP contribution in [0.25, 0.3) is 0 Å². The van der Waals surface area contributed by atoms with Gasteiger partial charge in [0.15, 0.2) is 0 Å². The SMILES string of the molecule is CC(C)(C)CC1NCCCO1.Cl. The lowest BCUT2D eigenvalue weighted by atomic mass is 9.91. The van der Waals surface area contributed by atoms with Gasteiger partial charge in [-0.15, -0.1) is 12.4 Å². The van der Waals surface area contributed by atoms with E-state index in [0.717, 1.165) is 26.0 Å². The number of ether oxygens (including phenoxy) is 1. The van der Waals surface area contributed by atoms with Crippen molar-refractivity contribution < 1.29 is 4.74 Å². The highest BCUT2D eigenvalue weighted by Gasteiger charge is 2.20. The van der Waals surface area contributed by atoms with Crippen LogP contribution in [0.15, 0.2) is 0 Å². The van der Waals surface area contributed by atoms with Gasteiger partial charge in [-0.3, -0.25) is 5.32 Å². The average molecular weight is 194 g/mol. The van der Waals surface area contributed by atoms with E-state index in [4.69, 9.17) is 4.74 Å². The van der Waals surface area contributed by atoms with E-state index >= 15 is 0 Å². The molecule has 1 aliphatic heterocycles. The van der Waals surface area contributed by atoms with Crippen molar-refractivity contribution in [3.63, 3.8) is 0 Å². The van der Waals surface area contributed by atoms with Gasteiger partial charge in [-0.1, -0.05) is 20.8 Å². The van der Waals surface area contributed by atoms with Crippen LogP contribution < -0.4 is 5.32 Å². The summed E-state index contributed by atoms with van der Waals surface area (Å²) >= 11 is 0. The second kappa shape index (κ2) is 5.05. The number of rotatable bonds is 1. The van der Waals surface area contributed by atoms with Crippen molar-refractivity contribution in [3.8, 4) is 0 Å². The molecule has 2 nitrogen and oxygen atoms in total. The lowest BCUT2D eigenvalue weighted by molar-refractivity contribution is -0.0214. The van der Waals surface area contributed by atoms with E-state index < -0.39 is 0 Å². The van der Waals surface area contributed by atoms with E-state index in [1.54, 1.807) is 0 Å². The molecule has 1 unspecified atom stereocenters. The molecule has 1 heterocycles. The zero-order chi connectivity index (χ0) is 8.32. The Balaban J connectivity index is 0.00000121. The molecule has 74 valence electrons. The lowest BCUT2D eigenvalue weighted by Crippen LogP contribution is -2.40. The van der Waals surface area contributed by atoms with E-state index in [9.17, 15) is 0 Å². The summed E-state index contributed by atoms with van der Waals surface area (Å²) in [5, 5.41) is 3.35. The standard InChI is InChI=1S/C9H19NO.ClH/c1-9(2,3)7-8-10-5-4-6-11-8;/h8,10H,4-7H2,1-3H3;1H. The average Bonchev–Trinajstić information content (AvgIpc) is 1.85. The summed E-state index contributed by atoms with van der Waals surface area (Å²) in [5.74, 6) is 0. The fourth-order valence-corrected chi connectivity index (χ4v) is 1.31. The van der Waals surface area contributed by atoms with Gasteiger partial charge >= 0.3 is 0 Å². The fraction of sp³-hybridized carbons (Fsp3) is 1.00. The Bertz CT molecular complexity index is 116. The van der Waals surface area contributed by atoms with Gasteiger partial charge < -0.3 is 4.74 Å². The summed E-state index contributed by atoms with van der Waals surface area (Å²) in [5.41, 5.74) is 0.370. The number of hydrogen-bond acceptors (Lipinski definition) is 2. The minimum atomic E-state index is 0. The van der Waals surface area contributed by atoms with Crippen molar-refractivity contribution in [1.29, 1.82) is 0 Å². The molecule has 0 spiro atoms. The third-order valence-corrected chi connectivity index (χ3v) is 1.81.